The second-order valence-corrected chi connectivity index (χ2v) is 11.7. The maximum Gasteiger partial charge on any atom is 0.328 e. The molecule has 0 spiro atoms. The summed E-state index contributed by atoms with van der Waals surface area (Å²) in [6.45, 7) is 5.15. The third kappa shape index (κ3) is 17.0. The van der Waals surface area contributed by atoms with Gasteiger partial charge >= 0.3 is 5.97 Å². The largest absolute Gasteiger partial charge is 0.464 e. The second-order valence-electron chi connectivity index (χ2n) is 11.7. The molecule has 0 aromatic carbocycles. The van der Waals surface area contributed by atoms with Gasteiger partial charge < -0.3 is 25.8 Å². The van der Waals surface area contributed by atoms with Gasteiger partial charge in [0.25, 0.3) is 11.8 Å². The summed E-state index contributed by atoms with van der Waals surface area (Å²) in [4.78, 5) is 84.5. The Morgan fingerprint density at radius 2 is 1.24 bits per heavy atom. The molecule has 0 saturated carbocycles. The summed E-state index contributed by atoms with van der Waals surface area (Å²) in [5.74, 6) is -4.04. The highest BCUT2D eigenvalue weighted by atomic mass is 16.5. The molecule has 1 rings (SSSR count). The van der Waals surface area contributed by atoms with Crippen LogP contribution in [-0.2, 0) is 38.3 Å². The van der Waals surface area contributed by atoms with Crippen LogP contribution in [0.2, 0.25) is 0 Å². The maximum atomic E-state index is 12.5. The first kappa shape index (κ1) is 42.6. The van der Waals surface area contributed by atoms with Crippen LogP contribution in [0.4, 0.5) is 0 Å². The van der Waals surface area contributed by atoms with E-state index in [9.17, 15) is 49.2 Å². The summed E-state index contributed by atoms with van der Waals surface area (Å²) in [5.41, 5.74) is 1.08. The van der Waals surface area contributed by atoms with Crippen molar-refractivity contribution in [2.45, 2.75) is 97.2 Å². The Morgan fingerprint density at radius 3 is 1.69 bits per heavy atom. The van der Waals surface area contributed by atoms with E-state index >= 15 is 0 Å². The molecule has 1 heterocycles. The molecule has 1 aliphatic heterocycles. The zero-order valence-corrected chi connectivity index (χ0v) is 28.5. The molecule has 6 amide bonds. The van der Waals surface area contributed by atoms with E-state index in [0.717, 1.165) is 6.08 Å². The number of amides is 6. The fraction of sp³-hybridized carbons (Fsp3) is 0.645. The fourth-order valence-corrected chi connectivity index (χ4v) is 4.59. The van der Waals surface area contributed by atoms with Gasteiger partial charge in [-0.3, -0.25) is 44.4 Å². The van der Waals surface area contributed by atoms with Crippen molar-refractivity contribution in [2.24, 2.45) is 0 Å². The van der Waals surface area contributed by atoms with Crippen molar-refractivity contribution < 1.29 is 59.0 Å². The first-order valence-corrected chi connectivity index (χ1v) is 16.0. The smallest absolute Gasteiger partial charge is 0.328 e. The maximum absolute atomic E-state index is 12.5. The lowest BCUT2D eigenvalue weighted by Gasteiger charge is -2.30. The number of ether oxygens (including phenoxy) is 1. The lowest BCUT2D eigenvalue weighted by atomic mass is 10.0. The van der Waals surface area contributed by atoms with Crippen LogP contribution in [0.15, 0.2) is 23.3 Å². The number of hydroxylamine groups is 6. The minimum absolute atomic E-state index is 0.0356. The summed E-state index contributed by atoms with van der Waals surface area (Å²) in [7, 11) is 0. The summed E-state index contributed by atoms with van der Waals surface area (Å²) in [6.07, 6.45) is 3.83. The molecular weight excluding hydrogens is 648 g/mol. The minimum atomic E-state index is -0.997. The Hall–Kier alpha value is -4.39. The Labute approximate surface area is 285 Å². The summed E-state index contributed by atoms with van der Waals surface area (Å²) in [5, 5.41) is 47.5. The van der Waals surface area contributed by atoms with Crippen molar-refractivity contribution in [3.63, 3.8) is 0 Å². The SMILES string of the molecule is CC(=O)N[C@@H](CCCN(O)C(C)=O)C(=O)OCC/C(C)=C/C(=O)N(O)CCC[C@@H]1NC(=O)[C@H](CCCN(O)C(=O)/C=C(\C)CCO)NC1=O. The third-order valence-electron chi connectivity index (χ3n) is 7.38. The fourth-order valence-electron chi connectivity index (χ4n) is 4.59. The van der Waals surface area contributed by atoms with E-state index in [1.807, 2.05) is 0 Å². The molecular formula is C31H50N6O12. The predicted octanol–water partition coefficient (Wildman–Crippen LogP) is -0.303. The minimum Gasteiger partial charge on any atom is -0.464 e. The lowest BCUT2D eigenvalue weighted by Crippen LogP contribution is -2.61. The average Bonchev–Trinajstić information content (AvgIpc) is 3.01. The van der Waals surface area contributed by atoms with Gasteiger partial charge in [0.2, 0.25) is 23.6 Å². The van der Waals surface area contributed by atoms with E-state index in [1.54, 1.807) is 13.8 Å². The molecule has 1 saturated heterocycles. The van der Waals surface area contributed by atoms with E-state index in [2.05, 4.69) is 16.0 Å². The van der Waals surface area contributed by atoms with Crippen molar-refractivity contribution in [1.29, 1.82) is 0 Å². The summed E-state index contributed by atoms with van der Waals surface area (Å²) < 4.78 is 5.21. The number of esters is 1. The van der Waals surface area contributed by atoms with Crippen LogP contribution < -0.4 is 16.0 Å². The first-order chi connectivity index (χ1) is 23.0. The van der Waals surface area contributed by atoms with Crippen molar-refractivity contribution in [3.8, 4) is 0 Å². The number of carbonyl (C=O) groups is 7. The van der Waals surface area contributed by atoms with Crippen LogP contribution >= 0.6 is 0 Å². The van der Waals surface area contributed by atoms with Crippen molar-refractivity contribution >= 4 is 41.4 Å². The Bertz CT molecular complexity index is 1240. The molecule has 0 bridgehead atoms. The zero-order valence-electron chi connectivity index (χ0n) is 28.5. The zero-order chi connectivity index (χ0) is 37.1. The molecule has 49 heavy (non-hydrogen) atoms. The monoisotopic (exact) mass is 698 g/mol. The number of aliphatic hydroxyl groups is 1. The van der Waals surface area contributed by atoms with Gasteiger partial charge in [0, 0.05) is 58.7 Å². The number of hydrogen-bond donors (Lipinski definition) is 7. The highest BCUT2D eigenvalue weighted by molar-refractivity contribution is 5.97. The molecule has 1 fully saturated rings. The molecule has 0 aliphatic carbocycles. The molecule has 18 nitrogen and oxygen atoms in total. The normalized spacial score (nSPS) is 17.0. The number of piperazine rings is 1. The second kappa shape index (κ2) is 22.3. The highest BCUT2D eigenvalue weighted by Crippen LogP contribution is 2.11. The quantitative estimate of drug-likeness (QED) is 0.0353. The van der Waals surface area contributed by atoms with Crippen LogP contribution in [-0.4, -0.2) is 128 Å². The van der Waals surface area contributed by atoms with Gasteiger partial charge in [-0.15, -0.1) is 0 Å². The summed E-state index contributed by atoms with van der Waals surface area (Å²) in [6, 6.07) is -2.74. The average molecular weight is 699 g/mol. The van der Waals surface area contributed by atoms with Crippen molar-refractivity contribution in [1.82, 2.24) is 31.1 Å². The number of nitrogens with zero attached hydrogens (tertiary/aromatic N) is 3. The van der Waals surface area contributed by atoms with Crippen molar-refractivity contribution in [3.05, 3.63) is 23.3 Å². The topological polar surface area (TPSA) is 255 Å². The highest BCUT2D eigenvalue weighted by Gasteiger charge is 2.33. The van der Waals surface area contributed by atoms with Crippen LogP contribution in [0.1, 0.15) is 79.1 Å². The molecule has 3 atom stereocenters. The van der Waals surface area contributed by atoms with Gasteiger partial charge in [-0.05, 0) is 58.8 Å². The number of aliphatic hydroxyl groups excluding tert-OH is 1. The molecule has 0 radical (unpaired) electrons. The molecule has 0 unspecified atom stereocenters. The predicted molar refractivity (Wildman–Crippen MR) is 170 cm³/mol. The number of nitrogens with one attached hydrogen (secondary N) is 3. The van der Waals surface area contributed by atoms with Crippen molar-refractivity contribution in [2.75, 3.05) is 32.8 Å². The Balaban J connectivity index is 2.44. The van der Waals surface area contributed by atoms with Gasteiger partial charge in [-0.1, -0.05) is 11.1 Å². The van der Waals surface area contributed by atoms with Crippen LogP contribution in [0, 0.1) is 0 Å². The van der Waals surface area contributed by atoms with E-state index < -0.39 is 59.5 Å². The van der Waals surface area contributed by atoms with Crippen LogP contribution in [0.5, 0.6) is 0 Å². The Kier molecular flexibility index (Phi) is 19.4. The Morgan fingerprint density at radius 1 is 0.776 bits per heavy atom. The van der Waals surface area contributed by atoms with Crippen LogP contribution in [0.25, 0.3) is 0 Å². The number of carbonyl (C=O) groups excluding carboxylic acids is 7. The van der Waals surface area contributed by atoms with Gasteiger partial charge in [0.05, 0.1) is 6.61 Å². The van der Waals surface area contributed by atoms with Crippen LogP contribution in [0.3, 0.4) is 0 Å². The molecule has 0 aromatic rings. The summed E-state index contributed by atoms with van der Waals surface area (Å²) >= 11 is 0. The molecule has 0 aromatic heterocycles. The molecule has 7 N–H and O–H groups in total. The standard InChI is InChI=1S/C31H50N6O12/c1-20(11-16-38)18-27(41)36(47)14-5-8-24-29(43)34-25(30(44)33-24)9-6-15-37(48)28(42)19-21(2)12-17-49-31(45)26(32-22(3)39)10-7-13-35(46)23(4)40/h18-19,24-26,38,46-48H,5-17H2,1-4H3,(H,32,39)(H,33,44)(H,34,43)/b20-18+,21-19+/t24-,25-,26-/m0/s1. The first-order valence-electron chi connectivity index (χ1n) is 16.0. The molecule has 276 valence electrons. The van der Waals surface area contributed by atoms with Gasteiger partial charge in [0.15, 0.2) is 0 Å². The van der Waals surface area contributed by atoms with Gasteiger partial charge in [-0.25, -0.2) is 20.0 Å². The lowest BCUT2D eigenvalue weighted by molar-refractivity contribution is -0.163. The van der Waals surface area contributed by atoms with E-state index in [0.29, 0.717) is 32.8 Å². The third-order valence-corrected chi connectivity index (χ3v) is 7.38. The molecule has 18 heteroatoms. The van der Waals surface area contributed by atoms with Gasteiger partial charge in [-0.2, -0.15) is 0 Å². The number of hydrogen-bond acceptors (Lipinski definition) is 12. The molecule has 1 aliphatic rings. The van der Waals surface area contributed by atoms with Gasteiger partial charge in [0.1, 0.15) is 18.1 Å². The number of rotatable bonds is 21. The van der Waals surface area contributed by atoms with E-state index in [1.165, 1.54) is 19.9 Å². The van der Waals surface area contributed by atoms with E-state index in [4.69, 9.17) is 9.84 Å². The van der Waals surface area contributed by atoms with E-state index in [-0.39, 0.29) is 77.8 Å².